The van der Waals surface area contributed by atoms with E-state index in [9.17, 15) is 30.8 Å². The maximum atomic E-state index is 14.0. The maximum absolute atomic E-state index is 14.0. The first-order valence-electron chi connectivity index (χ1n) is 13.9. The number of halogens is 1. The molecule has 0 spiro atoms. The topological polar surface area (TPSA) is 142 Å². The van der Waals surface area contributed by atoms with Gasteiger partial charge in [-0.1, -0.05) is 30.3 Å². The largest absolute Gasteiger partial charge is 0.341 e. The highest BCUT2D eigenvalue weighted by Gasteiger charge is 2.60. The number of Topliss-reactive ketones (excluding diaryl/α,β-unsaturated/α-hetero) is 1. The van der Waals surface area contributed by atoms with Crippen molar-refractivity contribution in [1.82, 2.24) is 4.90 Å². The molecule has 1 saturated heterocycles. The van der Waals surface area contributed by atoms with Crippen LogP contribution in [0.5, 0.6) is 0 Å². The number of carbonyl (C=O) groups is 2. The minimum Gasteiger partial charge on any atom is -0.341 e. The standard InChI is InChI=1S/C30H27FN4O6S2/c31-20-10-6-17(7-11-20)16-35-27-19-9-8-18(14-19)25(27)28(36)26(30(35)37)29-32-23-13-12-21(15-24(23)43(40,41)34-29)33-42(38,39)22-4-2-1-3-5-22/h1-7,10-13,15,18-19,25-27,33H,8-9,14,16H2,(H,32,34)/t18-,19+,25?,26?,27?/m0/s1. The monoisotopic (exact) mass is 622 g/mol. The Hall–Kier alpha value is -4.10. The minimum absolute atomic E-state index is 0.00624. The van der Waals surface area contributed by atoms with Crippen molar-refractivity contribution >= 4 is 48.9 Å². The predicted molar refractivity (Wildman–Crippen MR) is 155 cm³/mol. The van der Waals surface area contributed by atoms with Crippen molar-refractivity contribution in [2.24, 2.45) is 28.1 Å². The molecule has 2 saturated carbocycles. The lowest BCUT2D eigenvalue weighted by Crippen LogP contribution is -2.61. The Morgan fingerprint density at radius 1 is 0.977 bits per heavy atom. The van der Waals surface area contributed by atoms with Gasteiger partial charge in [-0.25, -0.2) is 12.8 Å². The van der Waals surface area contributed by atoms with E-state index >= 15 is 0 Å². The van der Waals surface area contributed by atoms with Crippen molar-refractivity contribution in [3.8, 4) is 0 Å². The number of benzene rings is 3. The third-order valence-corrected chi connectivity index (χ3v) is 11.7. The fourth-order valence-corrected chi connectivity index (χ4v) is 9.39. The SMILES string of the molecule is O=C1C(C2=NS(=O)(=O)c3cc(NS(=O)(=O)c4ccccc4)ccc3N2)C(=O)N(Cc2ccc(F)cc2)C2C1[C@H]1CC[C@@H]2C1. The average Bonchev–Trinajstić information content (AvgIpc) is 3.60. The van der Waals surface area contributed by atoms with Gasteiger partial charge in [0.05, 0.1) is 16.3 Å². The number of piperidine rings is 1. The van der Waals surface area contributed by atoms with Gasteiger partial charge in [0.15, 0.2) is 11.7 Å². The molecule has 2 heterocycles. The van der Waals surface area contributed by atoms with Crippen LogP contribution in [-0.2, 0) is 36.2 Å². The van der Waals surface area contributed by atoms with Crippen molar-refractivity contribution in [2.45, 2.75) is 41.6 Å². The molecule has 7 rings (SSSR count). The highest BCUT2D eigenvalue weighted by molar-refractivity contribution is 7.92. The van der Waals surface area contributed by atoms with Gasteiger partial charge >= 0.3 is 0 Å². The molecule has 3 aromatic rings. The van der Waals surface area contributed by atoms with Crippen LogP contribution in [0.4, 0.5) is 15.8 Å². The highest BCUT2D eigenvalue weighted by atomic mass is 32.2. The summed E-state index contributed by atoms with van der Waals surface area (Å²) in [5.41, 5.74) is 0.784. The van der Waals surface area contributed by atoms with Crippen LogP contribution in [-0.4, -0.2) is 45.3 Å². The van der Waals surface area contributed by atoms with Crippen molar-refractivity contribution in [1.29, 1.82) is 0 Å². The Kier molecular flexibility index (Phi) is 6.43. The molecule has 222 valence electrons. The summed E-state index contributed by atoms with van der Waals surface area (Å²) in [6.45, 7) is 0.162. The summed E-state index contributed by atoms with van der Waals surface area (Å²) in [5, 5.41) is 2.90. The van der Waals surface area contributed by atoms with Crippen molar-refractivity contribution in [3.05, 3.63) is 84.2 Å². The quantitative estimate of drug-likeness (QED) is 0.399. The zero-order valence-corrected chi connectivity index (χ0v) is 24.3. The molecule has 3 fully saturated rings. The number of amidine groups is 1. The van der Waals surface area contributed by atoms with Gasteiger partial charge in [-0.05, 0) is 79.1 Å². The number of fused-ring (bicyclic) bond motifs is 6. The molecule has 2 aliphatic heterocycles. The Morgan fingerprint density at radius 3 is 2.44 bits per heavy atom. The molecule has 2 bridgehead atoms. The van der Waals surface area contributed by atoms with Gasteiger partial charge < -0.3 is 10.2 Å². The Bertz CT molecular complexity index is 1900. The van der Waals surface area contributed by atoms with E-state index in [1.807, 2.05) is 0 Å². The number of hydrogen-bond acceptors (Lipinski definition) is 7. The molecule has 2 aliphatic carbocycles. The summed E-state index contributed by atoms with van der Waals surface area (Å²) in [7, 11) is -8.40. The molecule has 13 heteroatoms. The molecule has 10 nitrogen and oxygen atoms in total. The number of hydrogen-bond donors (Lipinski definition) is 2. The van der Waals surface area contributed by atoms with Gasteiger partial charge in [-0.2, -0.15) is 8.42 Å². The molecular weight excluding hydrogens is 595 g/mol. The van der Waals surface area contributed by atoms with E-state index in [1.54, 1.807) is 35.2 Å². The first kappa shape index (κ1) is 27.7. The van der Waals surface area contributed by atoms with Crippen molar-refractivity contribution in [2.75, 3.05) is 10.0 Å². The molecular formula is C30H27FN4O6S2. The molecule has 0 radical (unpaired) electrons. The lowest BCUT2D eigenvalue weighted by Gasteiger charge is -2.45. The van der Waals surface area contributed by atoms with Gasteiger partial charge in [0.1, 0.15) is 16.5 Å². The molecule has 0 aromatic heterocycles. The van der Waals surface area contributed by atoms with E-state index in [1.165, 1.54) is 36.4 Å². The van der Waals surface area contributed by atoms with Gasteiger partial charge in [0.2, 0.25) is 5.91 Å². The van der Waals surface area contributed by atoms with E-state index in [2.05, 4.69) is 14.4 Å². The number of likely N-dealkylation sites (tertiary alicyclic amines) is 1. The van der Waals surface area contributed by atoms with Crippen LogP contribution in [0.1, 0.15) is 24.8 Å². The van der Waals surface area contributed by atoms with E-state index in [0.29, 0.717) is 5.56 Å². The molecule has 3 aromatic carbocycles. The molecule has 3 unspecified atom stereocenters. The second-order valence-corrected chi connectivity index (χ2v) is 14.7. The van der Waals surface area contributed by atoms with Crippen LogP contribution in [0.25, 0.3) is 0 Å². The fourth-order valence-electron chi connectivity index (χ4n) is 7.14. The third-order valence-electron chi connectivity index (χ3n) is 8.96. The number of nitrogens with one attached hydrogen (secondary N) is 2. The summed E-state index contributed by atoms with van der Waals surface area (Å²) in [6, 6.07) is 17.1. The maximum Gasteiger partial charge on any atom is 0.286 e. The summed E-state index contributed by atoms with van der Waals surface area (Å²) >= 11 is 0. The van der Waals surface area contributed by atoms with E-state index in [0.717, 1.165) is 25.3 Å². The lowest BCUT2D eigenvalue weighted by molar-refractivity contribution is -0.153. The highest BCUT2D eigenvalue weighted by Crippen LogP contribution is 2.54. The summed E-state index contributed by atoms with van der Waals surface area (Å²) in [6.07, 6.45) is 2.60. The van der Waals surface area contributed by atoms with Crippen LogP contribution < -0.4 is 10.0 Å². The number of ketones is 1. The number of sulfonamides is 2. The van der Waals surface area contributed by atoms with Crippen LogP contribution in [0.15, 0.2) is 87.0 Å². The predicted octanol–water partition coefficient (Wildman–Crippen LogP) is 3.78. The second kappa shape index (κ2) is 9.98. The first-order valence-corrected chi connectivity index (χ1v) is 16.9. The third kappa shape index (κ3) is 4.70. The van der Waals surface area contributed by atoms with Gasteiger partial charge in [0.25, 0.3) is 20.0 Å². The fraction of sp³-hybridized carbons (Fsp3) is 0.300. The lowest BCUT2D eigenvalue weighted by atomic mass is 9.73. The van der Waals surface area contributed by atoms with Gasteiger partial charge in [-0.15, -0.1) is 4.40 Å². The molecule has 4 aliphatic rings. The molecule has 43 heavy (non-hydrogen) atoms. The van der Waals surface area contributed by atoms with Gasteiger partial charge in [-0.3, -0.25) is 14.3 Å². The molecule has 5 atom stereocenters. The van der Waals surface area contributed by atoms with Crippen LogP contribution >= 0.6 is 0 Å². The Labute approximate surface area is 248 Å². The Balaban J connectivity index is 1.21. The van der Waals surface area contributed by atoms with E-state index < -0.39 is 43.6 Å². The number of nitrogens with zero attached hydrogens (tertiary/aromatic N) is 2. The van der Waals surface area contributed by atoms with Crippen LogP contribution in [0.2, 0.25) is 0 Å². The summed E-state index contributed by atoms with van der Waals surface area (Å²) < 4.78 is 72.2. The normalized spacial score (nSPS) is 27.2. The molecule has 1 amide bonds. The number of amides is 1. The first-order chi connectivity index (χ1) is 20.5. The number of carbonyl (C=O) groups excluding carboxylic acids is 2. The Morgan fingerprint density at radius 2 is 1.70 bits per heavy atom. The zero-order valence-electron chi connectivity index (χ0n) is 22.7. The van der Waals surface area contributed by atoms with Crippen LogP contribution in [0.3, 0.4) is 0 Å². The van der Waals surface area contributed by atoms with E-state index in [4.69, 9.17) is 0 Å². The average molecular weight is 623 g/mol. The number of anilines is 2. The minimum atomic E-state index is -4.42. The molecule has 2 N–H and O–H groups in total. The van der Waals surface area contributed by atoms with Crippen molar-refractivity contribution in [3.63, 3.8) is 0 Å². The zero-order chi connectivity index (χ0) is 30.1. The second-order valence-electron chi connectivity index (χ2n) is 11.5. The summed E-state index contributed by atoms with van der Waals surface area (Å²) in [5.74, 6) is -3.17. The summed E-state index contributed by atoms with van der Waals surface area (Å²) in [4.78, 5) is 29.3. The van der Waals surface area contributed by atoms with E-state index in [-0.39, 0.29) is 57.2 Å². The van der Waals surface area contributed by atoms with Crippen LogP contribution in [0, 0.1) is 29.5 Å². The smallest absolute Gasteiger partial charge is 0.286 e. The van der Waals surface area contributed by atoms with Gasteiger partial charge in [0, 0.05) is 18.5 Å². The number of rotatable bonds is 6. The van der Waals surface area contributed by atoms with Crippen molar-refractivity contribution < 1.29 is 30.8 Å².